The molecule has 2 aromatic carbocycles. The molecule has 0 fully saturated rings. The van der Waals surface area contributed by atoms with Gasteiger partial charge in [-0.2, -0.15) is 0 Å². The molecule has 1 N–H and O–H groups in total. The van der Waals surface area contributed by atoms with Crippen LogP contribution in [0.5, 0.6) is 0 Å². The van der Waals surface area contributed by atoms with E-state index < -0.39 is 15.8 Å². The van der Waals surface area contributed by atoms with E-state index in [2.05, 4.69) is 0 Å². The Morgan fingerprint density at radius 3 is 2.09 bits per heavy atom. The number of carboxylic acid groups (broad SMARTS) is 1. The highest BCUT2D eigenvalue weighted by molar-refractivity contribution is 7.91. The van der Waals surface area contributed by atoms with Crippen molar-refractivity contribution in [3.05, 3.63) is 66.2 Å². The number of benzene rings is 2. The first kappa shape index (κ1) is 17.2. The Kier molecular flexibility index (Phi) is 5.93. The lowest BCUT2D eigenvalue weighted by Crippen LogP contribution is -2.19. The summed E-state index contributed by atoms with van der Waals surface area (Å²) in [4.78, 5) is 11.1. The van der Waals surface area contributed by atoms with Crippen LogP contribution in [-0.4, -0.2) is 25.2 Å². The summed E-state index contributed by atoms with van der Waals surface area (Å²) in [7, 11) is -3.42. The zero-order valence-corrected chi connectivity index (χ0v) is 13.6. The molecule has 122 valence electrons. The van der Waals surface area contributed by atoms with Crippen LogP contribution < -0.4 is 0 Å². The molecule has 1 atom stereocenters. The quantitative estimate of drug-likeness (QED) is 0.806. The summed E-state index contributed by atoms with van der Waals surface area (Å²) in [6.45, 7) is 0. The molecule has 2 rings (SSSR count). The third-order valence-electron chi connectivity index (χ3n) is 3.69. The van der Waals surface area contributed by atoms with Gasteiger partial charge in [0.05, 0.1) is 10.6 Å². The summed E-state index contributed by atoms with van der Waals surface area (Å²) in [6, 6.07) is 17.9. The van der Waals surface area contributed by atoms with Crippen LogP contribution in [0.25, 0.3) is 0 Å². The molecule has 2 aromatic rings. The second kappa shape index (κ2) is 7.92. The molecule has 4 nitrogen and oxygen atoms in total. The summed E-state index contributed by atoms with van der Waals surface area (Å²) >= 11 is 0. The second-order valence-electron chi connectivity index (χ2n) is 5.58. The third-order valence-corrected chi connectivity index (χ3v) is 5.59. The van der Waals surface area contributed by atoms with E-state index >= 15 is 0 Å². The molecule has 0 spiro atoms. The van der Waals surface area contributed by atoms with E-state index in [4.69, 9.17) is 5.11 Å². The smallest absolute Gasteiger partial charge is 0.303 e. The van der Waals surface area contributed by atoms with Crippen molar-refractivity contribution < 1.29 is 18.3 Å². The highest BCUT2D eigenvalue weighted by atomic mass is 32.2. The van der Waals surface area contributed by atoms with Crippen LogP contribution in [0.3, 0.4) is 0 Å². The second-order valence-corrected chi connectivity index (χ2v) is 7.62. The molecule has 0 aliphatic heterocycles. The maximum Gasteiger partial charge on any atom is 0.303 e. The monoisotopic (exact) mass is 332 g/mol. The molecule has 0 unspecified atom stereocenters. The SMILES string of the molecule is O=C(O)CC[C@H](Cc1ccccc1)CS(=O)(=O)c1ccccc1. The van der Waals surface area contributed by atoms with Gasteiger partial charge in [0.1, 0.15) is 0 Å². The average Bonchev–Trinajstić information content (AvgIpc) is 2.54. The first-order valence-electron chi connectivity index (χ1n) is 7.51. The van der Waals surface area contributed by atoms with Crippen molar-refractivity contribution in [3.63, 3.8) is 0 Å². The van der Waals surface area contributed by atoms with Crippen LogP contribution in [0.2, 0.25) is 0 Å². The van der Waals surface area contributed by atoms with Crippen molar-refractivity contribution in [1.82, 2.24) is 0 Å². The molecule has 0 amide bonds. The number of hydrogen-bond acceptors (Lipinski definition) is 3. The number of rotatable bonds is 8. The Hall–Kier alpha value is -2.14. The Balaban J connectivity index is 2.15. The molecule has 0 heterocycles. The van der Waals surface area contributed by atoms with Crippen molar-refractivity contribution in [2.75, 3.05) is 5.75 Å². The van der Waals surface area contributed by atoms with Crippen LogP contribution in [-0.2, 0) is 21.1 Å². The van der Waals surface area contributed by atoms with Gasteiger partial charge in [-0.3, -0.25) is 4.79 Å². The van der Waals surface area contributed by atoms with Gasteiger partial charge in [0.2, 0.25) is 0 Å². The molecule has 0 saturated heterocycles. The van der Waals surface area contributed by atoms with E-state index in [9.17, 15) is 13.2 Å². The van der Waals surface area contributed by atoms with Crippen LogP contribution in [0.4, 0.5) is 0 Å². The minimum atomic E-state index is -3.42. The third kappa shape index (κ3) is 5.53. The van der Waals surface area contributed by atoms with Crippen LogP contribution in [0.15, 0.2) is 65.6 Å². The fourth-order valence-electron chi connectivity index (χ4n) is 2.55. The summed E-state index contributed by atoms with van der Waals surface area (Å²) < 4.78 is 25.1. The number of carbonyl (C=O) groups is 1. The Morgan fingerprint density at radius 2 is 1.52 bits per heavy atom. The zero-order valence-electron chi connectivity index (χ0n) is 12.8. The molecule has 0 bridgehead atoms. The van der Waals surface area contributed by atoms with Gasteiger partial charge in [-0.15, -0.1) is 0 Å². The Morgan fingerprint density at radius 1 is 0.957 bits per heavy atom. The number of hydrogen-bond donors (Lipinski definition) is 1. The lowest BCUT2D eigenvalue weighted by atomic mass is 9.96. The zero-order chi connectivity index (χ0) is 16.7. The fraction of sp³-hybridized carbons (Fsp3) is 0.278. The van der Waals surface area contributed by atoms with E-state index in [1.54, 1.807) is 30.3 Å². The summed E-state index contributed by atoms with van der Waals surface area (Å²) in [5, 5.41) is 8.89. The first-order chi connectivity index (χ1) is 11.0. The van der Waals surface area contributed by atoms with Gasteiger partial charge in [-0.1, -0.05) is 48.5 Å². The van der Waals surface area contributed by atoms with Gasteiger partial charge in [0.15, 0.2) is 9.84 Å². The summed E-state index contributed by atoms with van der Waals surface area (Å²) in [5.74, 6) is -1.17. The molecule has 5 heteroatoms. The van der Waals surface area contributed by atoms with Crippen molar-refractivity contribution in [2.24, 2.45) is 5.92 Å². The molecule has 0 saturated carbocycles. The molecule has 0 aromatic heterocycles. The maximum absolute atomic E-state index is 12.5. The minimum Gasteiger partial charge on any atom is -0.481 e. The molecular formula is C18H20O4S. The standard InChI is InChI=1S/C18H20O4S/c19-18(20)12-11-16(13-15-7-3-1-4-8-15)14-23(21,22)17-9-5-2-6-10-17/h1-10,16H,11-14H2,(H,19,20)/t16-/m1/s1. The van der Waals surface area contributed by atoms with E-state index in [1.807, 2.05) is 30.3 Å². The average molecular weight is 332 g/mol. The normalized spacial score (nSPS) is 12.7. The van der Waals surface area contributed by atoms with Crippen LogP contribution in [0, 0.1) is 5.92 Å². The van der Waals surface area contributed by atoms with E-state index in [-0.39, 0.29) is 23.0 Å². The van der Waals surface area contributed by atoms with Gasteiger partial charge in [0, 0.05) is 6.42 Å². The molecule has 0 radical (unpaired) electrons. The predicted molar refractivity (Wildman–Crippen MR) is 89.0 cm³/mol. The van der Waals surface area contributed by atoms with E-state index in [0.29, 0.717) is 12.8 Å². The first-order valence-corrected chi connectivity index (χ1v) is 9.16. The van der Waals surface area contributed by atoms with Crippen LogP contribution in [0.1, 0.15) is 18.4 Å². The molecular weight excluding hydrogens is 312 g/mol. The number of sulfone groups is 1. The lowest BCUT2D eigenvalue weighted by molar-refractivity contribution is -0.137. The lowest BCUT2D eigenvalue weighted by Gasteiger charge is -2.16. The number of carboxylic acids is 1. The molecule has 23 heavy (non-hydrogen) atoms. The Labute approximate surface area is 136 Å². The summed E-state index contributed by atoms with van der Waals surface area (Å²) in [6.07, 6.45) is 0.873. The largest absolute Gasteiger partial charge is 0.481 e. The maximum atomic E-state index is 12.5. The van der Waals surface area contributed by atoms with Crippen molar-refractivity contribution in [3.8, 4) is 0 Å². The van der Waals surface area contributed by atoms with Crippen molar-refractivity contribution in [2.45, 2.75) is 24.2 Å². The topological polar surface area (TPSA) is 71.4 Å². The highest BCUT2D eigenvalue weighted by Gasteiger charge is 2.22. The van der Waals surface area contributed by atoms with Gasteiger partial charge in [0.25, 0.3) is 0 Å². The minimum absolute atomic E-state index is 0.0260. The molecule has 0 aliphatic rings. The van der Waals surface area contributed by atoms with Gasteiger partial charge < -0.3 is 5.11 Å². The molecule has 0 aliphatic carbocycles. The number of aliphatic carboxylic acids is 1. The highest BCUT2D eigenvalue weighted by Crippen LogP contribution is 2.21. The van der Waals surface area contributed by atoms with Gasteiger partial charge in [-0.25, -0.2) is 8.42 Å². The van der Waals surface area contributed by atoms with Crippen molar-refractivity contribution >= 4 is 15.8 Å². The summed E-state index contributed by atoms with van der Waals surface area (Å²) in [5.41, 5.74) is 1.02. The van der Waals surface area contributed by atoms with Gasteiger partial charge in [-0.05, 0) is 36.5 Å². The Bertz CT molecular complexity index is 724. The van der Waals surface area contributed by atoms with Crippen molar-refractivity contribution in [1.29, 1.82) is 0 Å². The van der Waals surface area contributed by atoms with E-state index in [1.165, 1.54) is 0 Å². The predicted octanol–water partition coefficient (Wildman–Crippen LogP) is 3.18. The van der Waals surface area contributed by atoms with Crippen LogP contribution >= 0.6 is 0 Å². The van der Waals surface area contributed by atoms with Gasteiger partial charge >= 0.3 is 5.97 Å². The van der Waals surface area contributed by atoms with E-state index in [0.717, 1.165) is 5.56 Å². The fourth-order valence-corrected chi connectivity index (χ4v) is 4.22.